The van der Waals surface area contributed by atoms with Crippen LogP contribution in [0, 0.1) is 0 Å². The maximum atomic E-state index is 4.43. The van der Waals surface area contributed by atoms with Gasteiger partial charge in [-0.1, -0.05) is 0 Å². The summed E-state index contributed by atoms with van der Waals surface area (Å²) in [5, 5.41) is 11.2. The quantitative estimate of drug-likeness (QED) is 0.817. The zero-order chi connectivity index (χ0) is 11.7. The van der Waals surface area contributed by atoms with Crippen LogP contribution in [0.5, 0.6) is 0 Å². The van der Waals surface area contributed by atoms with E-state index in [1.807, 2.05) is 16.8 Å². The van der Waals surface area contributed by atoms with Gasteiger partial charge in [0.1, 0.15) is 5.52 Å². The summed E-state index contributed by atoms with van der Waals surface area (Å²) in [5.41, 5.74) is 1.16. The maximum Gasteiger partial charge on any atom is 0.152 e. The van der Waals surface area contributed by atoms with E-state index in [4.69, 9.17) is 0 Å². The number of aromatic nitrogens is 3. The van der Waals surface area contributed by atoms with Crippen LogP contribution in [0.4, 0.5) is 5.82 Å². The first-order valence-corrected chi connectivity index (χ1v) is 6.04. The lowest BCUT2D eigenvalue weighted by Gasteiger charge is -2.35. The molecule has 0 aliphatic carbocycles. The van der Waals surface area contributed by atoms with Crippen molar-refractivity contribution in [3.63, 3.8) is 0 Å². The van der Waals surface area contributed by atoms with Crippen molar-refractivity contribution < 1.29 is 0 Å². The SMILES string of the molecule is CC1(Nc2nccn3nccc23)CCNCC1. The van der Waals surface area contributed by atoms with Crippen LogP contribution in [-0.4, -0.2) is 33.2 Å². The van der Waals surface area contributed by atoms with Gasteiger partial charge in [0.05, 0.1) is 6.20 Å². The topological polar surface area (TPSA) is 54.2 Å². The second kappa shape index (κ2) is 4.00. The fraction of sp³-hybridized carbons (Fsp3) is 0.500. The second-order valence-corrected chi connectivity index (χ2v) is 4.87. The summed E-state index contributed by atoms with van der Waals surface area (Å²) < 4.78 is 1.85. The molecule has 0 saturated carbocycles. The Morgan fingerprint density at radius 3 is 3.00 bits per heavy atom. The Kier molecular flexibility index (Phi) is 2.48. The zero-order valence-corrected chi connectivity index (χ0v) is 9.98. The molecule has 0 aromatic carbocycles. The lowest BCUT2D eigenvalue weighted by atomic mass is 9.90. The molecule has 0 unspecified atom stereocenters. The van der Waals surface area contributed by atoms with E-state index in [9.17, 15) is 0 Å². The Balaban J connectivity index is 1.91. The summed E-state index contributed by atoms with van der Waals surface area (Å²) in [7, 11) is 0. The molecule has 0 amide bonds. The van der Waals surface area contributed by atoms with Crippen molar-refractivity contribution in [2.24, 2.45) is 0 Å². The summed E-state index contributed by atoms with van der Waals surface area (Å²) in [6, 6.07) is 1.99. The van der Waals surface area contributed by atoms with E-state index in [0.29, 0.717) is 0 Å². The van der Waals surface area contributed by atoms with Crippen LogP contribution in [0.2, 0.25) is 0 Å². The third-order valence-corrected chi connectivity index (χ3v) is 3.45. The predicted octanol–water partition coefficient (Wildman–Crippen LogP) is 1.28. The van der Waals surface area contributed by atoms with Gasteiger partial charge in [0.25, 0.3) is 0 Å². The summed E-state index contributed by atoms with van der Waals surface area (Å²) >= 11 is 0. The van der Waals surface area contributed by atoms with E-state index >= 15 is 0 Å². The molecule has 3 heterocycles. The molecule has 90 valence electrons. The van der Waals surface area contributed by atoms with E-state index in [-0.39, 0.29) is 5.54 Å². The highest BCUT2D eigenvalue weighted by molar-refractivity contribution is 5.67. The van der Waals surface area contributed by atoms with Crippen LogP contribution < -0.4 is 10.6 Å². The molecule has 2 N–H and O–H groups in total. The molecule has 2 aromatic rings. The third kappa shape index (κ3) is 1.98. The Labute approximate surface area is 100 Å². The van der Waals surface area contributed by atoms with Crippen molar-refractivity contribution >= 4 is 11.3 Å². The minimum Gasteiger partial charge on any atom is -0.363 e. The van der Waals surface area contributed by atoms with E-state index in [2.05, 4.69) is 27.6 Å². The minimum absolute atomic E-state index is 0.129. The first-order chi connectivity index (χ1) is 8.27. The Morgan fingerprint density at radius 1 is 1.35 bits per heavy atom. The molecule has 0 radical (unpaired) electrons. The van der Waals surface area contributed by atoms with Gasteiger partial charge < -0.3 is 10.6 Å². The average molecular weight is 231 g/mol. The molecule has 5 nitrogen and oxygen atoms in total. The molecule has 0 spiro atoms. The lowest BCUT2D eigenvalue weighted by molar-refractivity contribution is 0.364. The van der Waals surface area contributed by atoms with Crippen molar-refractivity contribution in [2.75, 3.05) is 18.4 Å². The van der Waals surface area contributed by atoms with Crippen LogP contribution in [0.25, 0.3) is 5.52 Å². The summed E-state index contributed by atoms with van der Waals surface area (Å²) in [4.78, 5) is 4.43. The normalized spacial score (nSPS) is 19.4. The summed E-state index contributed by atoms with van der Waals surface area (Å²) in [5.74, 6) is 0.925. The second-order valence-electron chi connectivity index (χ2n) is 4.87. The van der Waals surface area contributed by atoms with Crippen LogP contribution in [-0.2, 0) is 0 Å². The van der Waals surface area contributed by atoms with Gasteiger partial charge in [-0.25, -0.2) is 9.50 Å². The largest absolute Gasteiger partial charge is 0.363 e. The van der Waals surface area contributed by atoms with E-state index < -0.39 is 0 Å². The van der Waals surface area contributed by atoms with Crippen LogP contribution in [0.15, 0.2) is 24.7 Å². The van der Waals surface area contributed by atoms with Crippen LogP contribution in [0.1, 0.15) is 19.8 Å². The van der Waals surface area contributed by atoms with Gasteiger partial charge in [-0.3, -0.25) is 0 Å². The highest BCUT2D eigenvalue weighted by Crippen LogP contribution is 2.24. The van der Waals surface area contributed by atoms with Gasteiger partial charge in [0, 0.05) is 17.9 Å². The van der Waals surface area contributed by atoms with Crippen molar-refractivity contribution in [3.05, 3.63) is 24.7 Å². The molecule has 0 atom stereocenters. The molecule has 3 rings (SSSR count). The predicted molar refractivity (Wildman–Crippen MR) is 67.1 cm³/mol. The fourth-order valence-corrected chi connectivity index (χ4v) is 2.34. The monoisotopic (exact) mass is 231 g/mol. The standard InChI is InChI=1S/C12H17N5/c1-12(3-6-13-7-4-12)16-11-10-2-5-15-17(10)9-8-14-11/h2,5,8-9,13H,3-4,6-7H2,1H3,(H,14,16). The molecular weight excluding hydrogens is 214 g/mol. The smallest absolute Gasteiger partial charge is 0.152 e. The van der Waals surface area contributed by atoms with Crippen molar-refractivity contribution in [2.45, 2.75) is 25.3 Å². The number of anilines is 1. The highest BCUT2D eigenvalue weighted by atomic mass is 15.2. The van der Waals surface area contributed by atoms with Gasteiger partial charge >= 0.3 is 0 Å². The number of nitrogens with one attached hydrogen (secondary N) is 2. The molecule has 1 aliphatic heterocycles. The van der Waals surface area contributed by atoms with Crippen LogP contribution in [0.3, 0.4) is 0 Å². The third-order valence-electron chi connectivity index (χ3n) is 3.45. The zero-order valence-electron chi connectivity index (χ0n) is 9.98. The number of fused-ring (bicyclic) bond motifs is 1. The maximum absolute atomic E-state index is 4.43. The molecule has 0 bridgehead atoms. The molecule has 1 aliphatic rings. The van der Waals surface area contributed by atoms with E-state index in [1.54, 1.807) is 12.4 Å². The Hall–Kier alpha value is -1.62. The summed E-state index contributed by atoms with van der Waals surface area (Å²) in [6.45, 7) is 4.38. The average Bonchev–Trinajstić information content (AvgIpc) is 2.79. The van der Waals surface area contributed by atoms with Gasteiger partial charge in [-0.2, -0.15) is 5.10 Å². The Bertz CT molecular complexity index is 512. The fourth-order valence-electron chi connectivity index (χ4n) is 2.34. The first kappa shape index (κ1) is 10.5. The summed E-state index contributed by atoms with van der Waals surface area (Å²) in [6.07, 6.45) is 7.68. The first-order valence-electron chi connectivity index (χ1n) is 6.04. The lowest BCUT2D eigenvalue weighted by Crippen LogP contribution is -2.45. The molecular formula is C12H17N5. The van der Waals surface area contributed by atoms with Gasteiger partial charge in [-0.05, 0) is 38.9 Å². The number of nitrogens with zero attached hydrogens (tertiary/aromatic N) is 3. The van der Waals surface area contributed by atoms with Crippen molar-refractivity contribution in [1.82, 2.24) is 19.9 Å². The van der Waals surface area contributed by atoms with Gasteiger partial charge in [-0.15, -0.1) is 0 Å². The number of piperidine rings is 1. The minimum atomic E-state index is 0.129. The number of hydrogen-bond acceptors (Lipinski definition) is 4. The van der Waals surface area contributed by atoms with Gasteiger partial charge in [0.15, 0.2) is 5.82 Å². The molecule has 5 heteroatoms. The van der Waals surface area contributed by atoms with Crippen LogP contribution >= 0.6 is 0 Å². The molecule has 17 heavy (non-hydrogen) atoms. The van der Waals surface area contributed by atoms with Crippen molar-refractivity contribution in [1.29, 1.82) is 0 Å². The number of rotatable bonds is 2. The highest BCUT2D eigenvalue weighted by Gasteiger charge is 2.27. The molecule has 1 saturated heterocycles. The molecule has 1 fully saturated rings. The van der Waals surface area contributed by atoms with Gasteiger partial charge in [0.2, 0.25) is 0 Å². The van der Waals surface area contributed by atoms with E-state index in [1.165, 1.54) is 0 Å². The Morgan fingerprint density at radius 2 is 2.18 bits per heavy atom. The van der Waals surface area contributed by atoms with E-state index in [0.717, 1.165) is 37.3 Å². The number of hydrogen-bond donors (Lipinski definition) is 2. The van der Waals surface area contributed by atoms with Crippen molar-refractivity contribution in [3.8, 4) is 0 Å². The molecule has 2 aromatic heterocycles.